The van der Waals surface area contributed by atoms with Crippen molar-refractivity contribution >= 4 is 23.2 Å². The highest BCUT2D eigenvalue weighted by Gasteiger charge is 2.15. The Hall–Kier alpha value is -3.25. The van der Waals surface area contributed by atoms with Crippen molar-refractivity contribution in [2.75, 3.05) is 12.4 Å². The summed E-state index contributed by atoms with van der Waals surface area (Å²) in [5.74, 6) is 0.00842. The van der Waals surface area contributed by atoms with Gasteiger partial charge in [0.15, 0.2) is 11.5 Å². The van der Waals surface area contributed by atoms with Crippen LogP contribution in [0.15, 0.2) is 60.9 Å². The molecule has 0 aliphatic heterocycles. The van der Waals surface area contributed by atoms with Crippen LogP contribution in [0.1, 0.15) is 15.9 Å². The number of phenolic OH excluding ortho intramolecular Hbond substituents is 1. The van der Waals surface area contributed by atoms with Crippen LogP contribution in [-0.4, -0.2) is 23.1 Å². The number of amides is 1. The Kier molecular flexibility index (Phi) is 5.78. The predicted molar refractivity (Wildman–Crippen MR) is 103 cm³/mol. The van der Waals surface area contributed by atoms with E-state index in [0.29, 0.717) is 23.1 Å². The van der Waals surface area contributed by atoms with E-state index in [1.165, 1.54) is 13.2 Å². The summed E-state index contributed by atoms with van der Waals surface area (Å²) >= 11 is 6.24. The zero-order valence-electron chi connectivity index (χ0n) is 14.5. The van der Waals surface area contributed by atoms with Crippen LogP contribution in [0.2, 0.25) is 5.02 Å². The smallest absolute Gasteiger partial charge is 0.259 e. The lowest BCUT2D eigenvalue weighted by molar-refractivity contribution is 0.102. The minimum absolute atomic E-state index is 0.0994. The molecule has 0 bridgehead atoms. The molecule has 1 aromatic heterocycles. The lowest BCUT2D eigenvalue weighted by Crippen LogP contribution is -2.12. The molecular formula is C20H17ClN2O4. The third-order valence-corrected chi connectivity index (χ3v) is 4.07. The average Bonchev–Trinajstić information content (AvgIpc) is 2.68. The number of hydrogen-bond acceptors (Lipinski definition) is 5. The number of anilines is 1. The second kappa shape index (κ2) is 8.42. The molecule has 27 heavy (non-hydrogen) atoms. The molecule has 6 nitrogen and oxygen atoms in total. The van der Waals surface area contributed by atoms with Crippen LogP contribution in [0.5, 0.6) is 17.2 Å². The lowest BCUT2D eigenvalue weighted by Gasteiger charge is -2.12. The van der Waals surface area contributed by atoms with Gasteiger partial charge in [0, 0.05) is 23.6 Å². The standard InChI is InChI=1S/C20H17ClN2O4/c1-26-18-6-2-5-15(19(18)24)20(25)23-14-7-8-17(16(21)10-14)27-12-13-4-3-9-22-11-13/h2-11,24H,12H2,1H3,(H,23,25). The first kappa shape index (κ1) is 18.5. The third kappa shape index (κ3) is 4.48. The van der Waals surface area contributed by atoms with Crippen molar-refractivity contribution in [2.45, 2.75) is 6.61 Å². The summed E-state index contributed by atoms with van der Waals surface area (Å²) in [5.41, 5.74) is 1.49. The minimum Gasteiger partial charge on any atom is -0.504 e. The van der Waals surface area contributed by atoms with Crippen LogP contribution in [0, 0.1) is 0 Å². The number of phenols is 1. The van der Waals surface area contributed by atoms with Gasteiger partial charge in [-0.1, -0.05) is 23.7 Å². The minimum atomic E-state index is -0.480. The molecular weight excluding hydrogens is 368 g/mol. The number of para-hydroxylation sites is 1. The second-order valence-electron chi connectivity index (χ2n) is 5.61. The van der Waals surface area contributed by atoms with Crippen molar-refractivity contribution in [3.05, 3.63) is 77.1 Å². The van der Waals surface area contributed by atoms with E-state index in [2.05, 4.69) is 10.3 Å². The van der Waals surface area contributed by atoms with E-state index in [4.69, 9.17) is 21.1 Å². The molecule has 0 radical (unpaired) electrons. The Labute approximate surface area is 161 Å². The first-order chi connectivity index (χ1) is 13.1. The molecule has 0 fully saturated rings. The zero-order chi connectivity index (χ0) is 19.2. The number of pyridine rings is 1. The summed E-state index contributed by atoms with van der Waals surface area (Å²) in [5, 5.41) is 13.1. The highest BCUT2D eigenvalue weighted by Crippen LogP contribution is 2.31. The molecule has 1 heterocycles. The summed E-state index contributed by atoms with van der Waals surface area (Å²) in [7, 11) is 1.42. The number of nitrogens with zero attached hydrogens (tertiary/aromatic N) is 1. The van der Waals surface area contributed by atoms with Gasteiger partial charge in [-0.15, -0.1) is 0 Å². The van der Waals surface area contributed by atoms with E-state index in [-0.39, 0.29) is 17.1 Å². The van der Waals surface area contributed by atoms with Gasteiger partial charge < -0.3 is 19.9 Å². The maximum atomic E-state index is 12.4. The summed E-state index contributed by atoms with van der Waals surface area (Å²) in [6.07, 6.45) is 3.40. The number of hydrogen-bond donors (Lipinski definition) is 2. The van der Waals surface area contributed by atoms with Crippen molar-refractivity contribution in [3.8, 4) is 17.2 Å². The molecule has 0 saturated carbocycles. The first-order valence-corrected chi connectivity index (χ1v) is 8.45. The van der Waals surface area contributed by atoms with E-state index in [9.17, 15) is 9.90 Å². The van der Waals surface area contributed by atoms with Crippen LogP contribution < -0.4 is 14.8 Å². The first-order valence-electron chi connectivity index (χ1n) is 8.07. The maximum absolute atomic E-state index is 12.4. The van der Waals surface area contributed by atoms with Crippen LogP contribution in [0.25, 0.3) is 0 Å². The fraction of sp³-hybridized carbons (Fsp3) is 0.100. The molecule has 0 saturated heterocycles. The van der Waals surface area contributed by atoms with E-state index < -0.39 is 5.91 Å². The molecule has 2 N–H and O–H groups in total. The molecule has 3 rings (SSSR count). The van der Waals surface area contributed by atoms with Gasteiger partial charge in [0.05, 0.1) is 17.7 Å². The molecule has 3 aromatic rings. The van der Waals surface area contributed by atoms with Crippen molar-refractivity contribution in [2.24, 2.45) is 0 Å². The molecule has 138 valence electrons. The lowest BCUT2D eigenvalue weighted by atomic mass is 10.1. The largest absolute Gasteiger partial charge is 0.504 e. The van der Waals surface area contributed by atoms with E-state index in [0.717, 1.165) is 5.56 Å². The normalized spacial score (nSPS) is 10.3. The van der Waals surface area contributed by atoms with Crippen molar-refractivity contribution in [3.63, 3.8) is 0 Å². The number of aromatic hydroxyl groups is 1. The van der Waals surface area contributed by atoms with Gasteiger partial charge in [0.1, 0.15) is 12.4 Å². The van der Waals surface area contributed by atoms with Crippen LogP contribution >= 0.6 is 11.6 Å². The monoisotopic (exact) mass is 384 g/mol. The topological polar surface area (TPSA) is 80.7 Å². The van der Waals surface area contributed by atoms with Gasteiger partial charge in [-0.2, -0.15) is 0 Å². The molecule has 2 aromatic carbocycles. The number of methoxy groups -OCH3 is 1. The van der Waals surface area contributed by atoms with Gasteiger partial charge in [-0.25, -0.2) is 0 Å². The molecule has 0 atom stereocenters. The number of rotatable bonds is 6. The summed E-state index contributed by atoms with van der Waals surface area (Å²) in [4.78, 5) is 16.4. The number of carbonyl (C=O) groups excluding carboxylic acids is 1. The summed E-state index contributed by atoms with van der Waals surface area (Å²) < 4.78 is 10.7. The highest BCUT2D eigenvalue weighted by atomic mass is 35.5. The number of carbonyl (C=O) groups is 1. The maximum Gasteiger partial charge on any atom is 0.259 e. The highest BCUT2D eigenvalue weighted by molar-refractivity contribution is 6.32. The predicted octanol–water partition coefficient (Wildman–Crippen LogP) is 4.28. The van der Waals surface area contributed by atoms with Crippen LogP contribution in [0.4, 0.5) is 5.69 Å². The Balaban J connectivity index is 1.69. The fourth-order valence-corrected chi connectivity index (χ4v) is 2.64. The van der Waals surface area contributed by atoms with Gasteiger partial charge in [-0.05, 0) is 36.4 Å². The van der Waals surface area contributed by atoms with E-state index in [1.807, 2.05) is 12.1 Å². The summed E-state index contributed by atoms with van der Waals surface area (Å²) in [6.45, 7) is 0.330. The van der Waals surface area contributed by atoms with Crippen molar-refractivity contribution in [1.29, 1.82) is 0 Å². The van der Waals surface area contributed by atoms with E-state index in [1.54, 1.807) is 42.7 Å². The number of aromatic nitrogens is 1. The molecule has 7 heteroatoms. The quantitative estimate of drug-likeness (QED) is 0.663. The molecule has 0 spiro atoms. The van der Waals surface area contributed by atoms with Gasteiger partial charge in [0.25, 0.3) is 5.91 Å². The van der Waals surface area contributed by atoms with Gasteiger partial charge in [-0.3, -0.25) is 9.78 Å². The van der Waals surface area contributed by atoms with Crippen molar-refractivity contribution < 1.29 is 19.4 Å². The van der Waals surface area contributed by atoms with Crippen molar-refractivity contribution in [1.82, 2.24) is 4.98 Å². The molecule has 1 amide bonds. The number of benzene rings is 2. The molecule has 0 aliphatic carbocycles. The Morgan fingerprint density at radius 1 is 1.19 bits per heavy atom. The molecule has 0 unspecified atom stereocenters. The summed E-state index contributed by atoms with van der Waals surface area (Å²) in [6, 6.07) is 13.3. The Bertz CT molecular complexity index is 948. The third-order valence-electron chi connectivity index (χ3n) is 3.77. The van der Waals surface area contributed by atoms with Gasteiger partial charge >= 0.3 is 0 Å². The SMILES string of the molecule is COc1cccc(C(=O)Nc2ccc(OCc3cccnc3)c(Cl)c2)c1O. The Morgan fingerprint density at radius 3 is 2.74 bits per heavy atom. The number of nitrogens with one attached hydrogen (secondary N) is 1. The zero-order valence-corrected chi connectivity index (χ0v) is 15.2. The molecule has 0 aliphatic rings. The fourth-order valence-electron chi connectivity index (χ4n) is 2.41. The van der Waals surface area contributed by atoms with Gasteiger partial charge in [0.2, 0.25) is 0 Å². The second-order valence-corrected chi connectivity index (χ2v) is 6.01. The van der Waals surface area contributed by atoms with Crippen LogP contribution in [0.3, 0.4) is 0 Å². The number of ether oxygens (including phenoxy) is 2. The average molecular weight is 385 g/mol. The van der Waals surface area contributed by atoms with Crippen LogP contribution in [-0.2, 0) is 6.61 Å². The Morgan fingerprint density at radius 2 is 2.04 bits per heavy atom. The number of halogens is 1. The van der Waals surface area contributed by atoms with E-state index >= 15 is 0 Å².